The molecule has 72 valence electrons. The Hall–Kier alpha value is -0.530. The highest BCUT2D eigenvalue weighted by molar-refractivity contribution is 5.36. The van der Waals surface area contributed by atoms with E-state index in [-0.39, 0.29) is 0 Å². The average Bonchev–Trinajstić information content (AvgIpc) is 2.10. The van der Waals surface area contributed by atoms with Crippen LogP contribution in [0.4, 0.5) is 0 Å². The summed E-state index contributed by atoms with van der Waals surface area (Å²) in [5, 5.41) is 0. The van der Waals surface area contributed by atoms with Gasteiger partial charge in [-0.15, -0.1) is 0 Å². The first-order chi connectivity index (χ1) is 5.70. The zero-order valence-corrected chi connectivity index (χ0v) is 8.38. The number of carbonyl (C=O) groups is 1. The highest BCUT2D eigenvalue weighted by atomic mass is 16.5. The van der Waals surface area contributed by atoms with Gasteiger partial charge in [0.25, 0.3) is 6.47 Å². The Bertz CT molecular complexity index is 112. The van der Waals surface area contributed by atoms with Crippen LogP contribution in [0.1, 0.15) is 40.0 Å². The fourth-order valence-corrected chi connectivity index (χ4v) is 1.06. The molecular weight excluding hydrogens is 152 g/mol. The standard InChI is InChI=1S/C10H20O2/c1-4-9(2)5-6-10(3)7-12-8-11/h8-10H,4-7H2,1-3H3. The molecule has 0 fully saturated rings. The van der Waals surface area contributed by atoms with Crippen LogP contribution in [0.15, 0.2) is 0 Å². The third-order valence-corrected chi connectivity index (χ3v) is 2.30. The number of hydrogen-bond donors (Lipinski definition) is 0. The van der Waals surface area contributed by atoms with Gasteiger partial charge in [-0.05, 0) is 18.3 Å². The van der Waals surface area contributed by atoms with Gasteiger partial charge in [0.15, 0.2) is 0 Å². The van der Waals surface area contributed by atoms with E-state index in [1.165, 1.54) is 12.8 Å². The molecule has 2 atom stereocenters. The molecule has 2 heteroatoms. The molecule has 0 radical (unpaired) electrons. The second-order valence-corrected chi connectivity index (χ2v) is 3.63. The fourth-order valence-electron chi connectivity index (χ4n) is 1.06. The van der Waals surface area contributed by atoms with Crippen molar-refractivity contribution in [2.75, 3.05) is 6.61 Å². The van der Waals surface area contributed by atoms with E-state index in [0.717, 1.165) is 12.3 Å². The topological polar surface area (TPSA) is 26.3 Å². The molecule has 0 N–H and O–H groups in total. The van der Waals surface area contributed by atoms with Crippen molar-refractivity contribution >= 4 is 6.47 Å². The molecule has 0 heterocycles. The van der Waals surface area contributed by atoms with Crippen molar-refractivity contribution in [3.8, 4) is 0 Å². The second-order valence-electron chi connectivity index (χ2n) is 3.63. The van der Waals surface area contributed by atoms with E-state index in [2.05, 4.69) is 25.5 Å². The minimum absolute atomic E-state index is 0.504. The Morgan fingerprint density at radius 3 is 2.33 bits per heavy atom. The van der Waals surface area contributed by atoms with Crippen LogP contribution in [-0.4, -0.2) is 13.1 Å². The first-order valence-electron chi connectivity index (χ1n) is 4.75. The Labute approximate surface area is 75.3 Å². The van der Waals surface area contributed by atoms with Crippen LogP contribution in [0.5, 0.6) is 0 Å². The van der Waals surface area contributed by atoms with E-state index in [4.69, 9.17) is 0 Å². The van der Waals surface area contributed by atoms with Gasteiger partial charge in [-0.3, -0.25) is 4.79 Å². The third kappa shape index (κ3) is 6.20. The van der Waals surface area contributed by atoms with E-state index >= 15 is 0 Å². The molecule has 0 amide bonds. The fraction of sp³-hybridized carbons (Fsp3) is 0.900. The van der Waals surface area contributed by atoms with Crippen LogP contribution in [0.3, 0.4) is 0 Å². The van der Waals surface area contributed by atoms with Crippen molar-refractivity contribution in [3.05, 3.63) is 0 Å². The van der Waals surface area contributed by atoms with Gasteiger partial charge in [0.2, 0.25) is 0 Å². The Kier molecular flexibility index (Phi) is 6.82. The summed E-state index contributed by atoms with van der Waals surface area (Å²) in [6.07, 6.45) is 3.63. The molecule has 0 rings (SSSR count). The van der Waals surface area contributed by atoms with Crippen LogP contribution >= 0.6 is 0 Å². The number of carbonyl (C=O) groups excluding carboxylic acids is 1. The summed E-state index contributed by atoms with van der Waals surface area (Å²) in [6, 6.07) is 0. The second kappa shape index (κ2) is 7.14. The highest BCUT2D eigenvalue weighted by Gasteiger charge is 2.05. The first-order valence-corrected chi connectivity index (χ1v) is 4.75. The molecule has 0 bridgehead atoms. The van der Waals surface area contributed by atoms with Crippen LogP contribution in [-0.2, 0) is 9.53 Å². The smallest absolute Gasteiger partial charge is 0.293 e. The maximum Gasteiger partial charge on any atom is 0.293 e. The SMILES string of the molecule is CCC(C)CCC(C)COC=O. The van der Waals surface area contributed by atoms with Crippen LogP contribution in [0.25, 0.3) is 0 Å². The van der Waals surface area contributed by atoms with Gasteiger partial charge < -0.3 is 4.74 Å². The van der Waals surface area contributed by atoms with E-state index in [0.29, 0.717) is 19.0 Å². The molecule has 0 saturated carbocycles. The summed E-state index contributed by atoms with van der Waals surface area (Å²) in [7, 11) is 0. The minimum Gasteiger partial charge on any atom is -0.468 e. The lowest BCUT2D eigenvalue weighted by atomic mass is 9.97. The molecule has 0 aliphatic rings. The lowest BCUT2D eigenvalue weighted by Gasteiger charge is -2.12. The van der Waals surface area contributed by atoms with Gasteiger partial charge in [0.1, 0.15) is 0 Å². The van der Waals surface area contributed by atoms with Crippen molar-refractivity contribution in [2.45, 2.75) is 40.0 Å². The molecule has 0 aromatic rings. The zero-order valence-electron chi connectivity index (χ0n) is 8.38. The number of ether oxygens (including phenoxy) is 1. The molecule has 2 nitrogen and oxygen atoms in total. The van der Waals surface area contributed by atoms with E-state index in [9.17, 15) is 4.79 Å². The lowest BCUT2D eigenvalue weighted by molar-refractivity contribution is -0.129. The van der Waals surface area contributed by atoms with Gasteiger partial charge in [0.05, 0.1) is 6.61 Å². The van der Waals surface area contributed by atoms with Crippen LogP contribution < -0.4 is 0 Å². The van der Waals surface area contributed by atoms with Crippen molar-refractivity contribution < 1.29 is 9.53 Å². The van der Waals surface area contributed by atoms with Gasteiger partial charge in [-0.25, -0.2) is 0 Å². The molecule has 0 aliphatic carbocycles. The Balaban J connectivity index is 3.29. The minimum atomic E-state index is 0.504. The molecule has 2 unspecified atom stereocenters. The predicted octanol–water partition coefficient (Wildman–Crippen LogP) is 2.62. The van der Waals surface area contributed by atoms with E-state index in [1.54, 1.807) is 0 Å². The highest BCUT2D eigenvalue weighted by Crippen LogP contribution is 2.14. The molecule has 0 saturated heterocycles. The number of rotatable bonds is 7. The van der Waals surface area contributed by atoms with Crippen molar-refractivity contribution in [1.29, 1.82) is 0 Å². The van der Waals surface area contributed by atoms with Gasteiger partial charge in [0, 0.05) is 0 Å². The molecule has 12 heavy (non-hydrogen) atoms. The Morgan fingerprint density at radius 2 is 1.83 bits per heavy atom. The van der Waals surface area contributed by atoms with Crippen molar-refractivity contribution in [3.63, 3.8) is 0 Å². The summed E-state index contributed by atoms with van der Waals surface area (Å²) < 4.78 is 4.68. The molecule has 0 aromatic carbocycles. The monoisotopic (exact) mass is 172 g/mol. The molecule has 0 aromatic heterocycles. The molecule has 0 aliphatic heterocycles. The van der Waals surface area contributed by atoms with E-state index in [1.807, 2.05) is 0 Å². The van der Waals surface area contributed by atoms with Crippen LogP contribution in [0.2, 0.25) is 0 Å². The zero-order chi connectivity index (χ0) is 9.40. The summed E-state index contributed by atoms with van der Waals surface area (Å²) in [6.45, 7) is 7.68. The average molecular weight is 172 g/mol. The van der Waals surface area contributed by atoms with Crippen LogP contribution in [0, 0.1) is 11.8 Å². The number of hydrogen-bond acceptors (Lipinski definition) is 2. The van der Waals surface area contributed by atoms with Gasteiger partial charge in [-0.2, -0.15) is 0 Å². The summed E-state index contributed by atoms with van der Waals surface area (Å²) in [4.78, 5) is 9.88. The molecular formula is C10H20O2. The molecule has 0 spiro atoms. The lowest BCUT2D eigenvalue weighted by Crippen LogP contribution is -2.06. The Morgan fingerprint density at radius 1 is 1.25 bits per heavy atom. The third-order valence-electron chi connectivity index (χ3n) is 2.30. The van der Waals surface area contributed by atoms with Gasteiger partial charge >= 0.3 is 0 Å². The van der Waals surface area contributed by atoms with Crippen molar-refractivity contribution in [2.24, 2.45) is 11.8 Å². The maximum atomic E-state index is 9.88. The summed E-state index contributed by atoms with van der Waals surface area (Å²) in [5.41, 5.74) is 0. The first kappa shape index (κ1) is 11.5. The summed E-state index contributed by atoms with van der Waals surface area (Å²) in [5.74, 6) is 1.30. The summed E-state index contributed by atoms with van der Waals surface area (Å²) >= 11 is 0. The normalized spacial score (nSPS) is 15.2. The largest absolute Gasteiger partial charge is 0.468 e. The predicted molar refractivity (Wildman–Crippen MR) is 49.9 cm³/mol. The van der Waals surface area contributed by atoms with Crippen molar-refractivity contribution in [1.82, 2.24) is 0 Å². The van der Waals surface area contributed by atoms with E-state index < -0.39 is 0 Å². The van der Waals surface area contributed by atoms with Gasteiger partial charge in [-0.1, -0.05) is 33.6 Å². The quantitative estimate of drug-likeness (QED) is 0.552. The maximum absolute atomic E-state index is 9.88.